The second kappa shape index (κ2) is 6.44. The van der Waals surface area contributed by atoms with Crippen LogP contribution in [0.25, 0.3) is 22.4 Å². The Hall–Kier alpha value is -3.68. The number of carbonyl (C=O) groups excluding carboxylic acids is 1. The zero-order valence-corrected chi connectivity index (χ0v) is 16.0. The number of aryl methyl sites for hydroxylation is 2. The molecule has 1 aliphatic heterocycles. The first kappa shape index (κ1) is 17.4. The number of anilines is 1. The molecule has 0 radical (unpaired) electrons. The molecule has 1 amide bonds. The molecule has 1 aliphatic rings. The fraction of sp³-hybridized carbons (Fsp3) is 0.238. The van der Waals surface area contributed by atoms with Gasteiger partial charge in [-0.3, -0.25) is 9.36 Å². The molecule has 0 bridgehead atoms. The molecule has 0 saturated carbocycles. The molecule has 8 nitrogen and oxygen atoms in total. The number of aromatic amines is 1. The zero-order chi connectivity index (χ0) is 20.1. The van der Waals surface area contributed by atoms with Gasteiger partial charge in [-0.1, -0.05) is 22.9 Å². The van der Waals surface area contributed by atoms with Crippen LogP contribution in [-0.4, -0.2) is 32.1 Å². The van der Waals surface area contributed by atoms with Crippen molar-refractivity contribution < 1.29 is 9.32 Å². The second-order valence-electron chi connectivity index (χ2n) is 7.42. The molecule has 0 spiro atoms. The van der Waals surface area contributed by atoms with Gasteiger partial charge in [0.05, 0.1) is 17.0 Å². The highest BCUT2D eigenvalue weighted by molar-refractivity contribution is 5.96. The highest BCUT2D eigenvalue weighted by Crippen LogP contribution is 2.32. The van der Waals surface area contributed by atoms with Crippen molar-refractivity contribution in [3.63, 3.8) is 0 Å². The third-order valence-corrected chi connectivity index (χ3v) is 5.42. The fourth-order valence-electron chi connectivity index (χ4n) is 3.74. The van der Waals surface area contributed by atoms with Gasteiger partial charge in [0.15, 0.2) is 0 Å². The summed E-state index contributed by atoms with van der Waals surface area (Å²) in [4.78, 5) is 33.4. The molecule has 29 heavy (non-hydrogen) atoms. The number of aromatic nitrogens is 4. The normalized spacial score (nSPS) is 16.8. The monoisotopic (exact) mass is 389 g/mol. The van der Waals surface area contributed by atoms with E-state index in [1.807, 2.05) is 49.4 Å². The molecule has 4 aromatic rings. The van der Waals surface area contributed by atoms with E-state index in [4.69, 9.17) is 4.52 Å². The van der Waals surface area contributed by atoms with Crippen LogP contribution in [-0.2, 0) is 11.8 Å². The molecule has 1 atom stereocenters. The van der Waals surface area contributed by atoms with Gasteiger partial charge in [-0.2, -0.15) is 4.98 Å². The summed E-state index contributed by atoms with van der Waals surface area (Å²) >= 11 is 0. The van der Waals surface area contributed by atoms with Gasteiger partial charge in [-0.25, -0.2) is 4.79 Å². The number of amides is 1. The van der Waals surface area contributed by atoms with Crippen LogP contribution in [0.5, 0.6) is 0 Å². The highest BCUT2D eigenvalue weighted by atomic mass is 16.5. The number of nitrogens with zero attached hydrogens (tertiary/aromatic N) is 4. The van der Waals surface area contributed by atoms with Crippen molar-refractivity contribution >= 4 is 22.6 Å². The molecule has 3 heterocycles. The topological polar surface area (TPSA) is 97.0 Å². The van der Waals surface area contributed by atoms with E-state index in [9.17, 15) is 9.59 Å². The summed E-state index contributed by atoms with van der Waals surface area (Å²) in [5.74, 6) is 0.782. The van der Waals surface area contributed by atoms with Gasteiger partial charge < -0.3 is 14.4 Å². The average Bonchev–Trinajstić information content (AvgIpc) is 3.41. The van der Waals surface area contributed by atoms with E-state index in [-0.39, 0.29) is 17.5 Å². The smallest absolute Gasteiger partial charge is 0.326 e. The number of fused-ring (bicyclic) bond motifs is 1. The summed E-state index contributed by atoms with van der Waals surface area (Å²) in [6.45, 7) is 2.52. The van der Waals surface area contributed by atoms with Gasteiger partial charge in [-0.15, -0.1) is 0 Å². The Morgan fingerprint density at radius 3 is 2.72 bits per heavy atom. The number of benzene rings is 2. The first-order valence-electron chi connectivity index (χ1n) is 9.39. The Labute approximate surface area is 165 Å². The third-order valence-electron chi connectivity index (χ3n) is 5.42. The van der Waals surface area contributed by atoms with Crippen LogP contribution in [0.3, 0.4) is 0 Å². The Morgan fingerprint density at radius 2 is 1.93 bits per heavy atom. The number of imidazole rings is 1. The largest absolute Gasteiger partial charge is 0.339 e. The number of carbonyl (C=O) groups is 1. The molecule has 2 aromatic carbocycles. The molecule has 8 heteroatoms. The minimum atomic E-state index is -0.174. The van der Waals surface area contributed by atoms with Crippen molar-refractivity contribution in [2.45, 2.75) is 19.3 Å². The van der Waals surface area contributed by atoms with E-state index in [0.29, 0.717) is 30.2 Å². The SMILES string of the molecule is Cc1ccc(N2C[C@H](c3nc(-c4ccc5c(c4)[nH]c(=O)n5C)no3)CC2=O)cc1. The number of H-pyrrole nitrogens is 1. The van der Waals surface area contributed by atoms with Crippen LogP contribution in [0.4, 0.5) is 5.69 Å². The first-order chi connectivity index (χ1) is 14.0. The lowest BCUT2D eigenvalue weighted by atomic mass is 10.1. The Balaban J connectivity index is 1.41. The Kier molecular flexibility index (Phi) is 3.87. The lowest BCUT2D eigenvalue weighted by Gasteiger charge is -2.16. The first-order valence-corrected chi connectivity index (χ1v) is 9.39. The van der Waals surface area contributed by atoms with Gasteiger partial charge in [0.2, 0.25) is 17.6 Å². The van der Waals surface area contributed by atoms with Crippen molar-refractivity contribution in [3.8, 4) is 11.4 Å². The van der Waals surface area contributed by atoms with Crippen LogP contribution < -0.4 is 10.6 Å². The van der Waals surface area contributed by atoms with Crippen LogP contribution >= 0.6 is 0 Å². The van der Waals surface area contributed by atoms with E-state index < -0.39 is 0 Å². The van der Waals surface area contributed by atoms with E-state index in [2.05, 4.69) is 15.1 Å². The van der Waals surface area contributed by atoms with Gasteiger partial charge in [0.25, 0.3) is 0 Å². The summed E-state index contributed by atoms with van der Waals surface area (Å²) in [5.41, 5.74) is 4.11. The number of hydrogen-bond donors (Lipinski definition) is 1. The summed E-state index contributed by atoms with van der Waals surface area (Å²) in [6.07, 6.45) is 0.334. The number of nitrogens with one attached hydrogen (secondary N) is 1. The molecule has 146 valence electrons. The maximum atomic E-state index is 12.5. The third kappa shape index (κ3) is 2.93. The van der Waals surface area contributed by atoms with Crippen LogP contribution in [0, 0.1) is 6.92 Å². The molecular formula is C21H19N5O3. The second-order valence-corrected chi connectivity index (χ2v) is 7.42. The van der Waals surface area contributed by atoms with Crippen molar-refractivity contribution in [1.82, 2.24) is 19.7 Å². The Morgan fingerprint density at radius 1 is 1.14 bits per heavy atom. The molecule has 1 N–H and O–H groups in total. The van der Waals surface area contributed by atoms with E-state index in [0.717, 1.165) is 22.3 Å². The van der Waals surface area contributed by atoms with E-state index >= 15 is 0 Å². The zero-order valence-electron chi connectivity index (χ0n) is 16.0. The fourth-order valence-corrected chi connectivity index (χ4v) is 3.74. The molecule has 1 saturated heterocycles. The predicted octanol–water partition coefficient (Wildman–Crippen LogP) is 2.75. The quantitative estimate of drug-likeness (QED) is 0.581. The molecule has 0 unspecified atom stereocenters. The molecular weight excluding hydrogens is 370 g/mol. The van der Waals surface area contributed by atoms with Crippen molar-refractivity contribution in [2.75, 3.05) is 11.4 Å². The minimum Gasteiger partial charge on any atom is -0.339 e. The standard InChI is InChI=1S/C21H19N5O3/c1-12-3-6-15(7-4-12)26-11-14(10-18(26)27)20-23-19(24-29-20)13-5-8-17-16(9-13)22-21(28)25(17)2/h3-9,14H,10-11H2,1-2H3,(H,22,28)/t14-/m1/s1. The van der Waals surface area contributed by atoms with Crippen LogP contribution in [0.2, 0.25) is 0 Å². The van der Waals surface area contributed by atoms with E-state index in [1.54, 1.807) is 16.5 Å². The molecule has 5 rings (SSSR count). The summed E-state index contributed by atoms with van der Waals surface area (Å²) in [6, 6.07) is 13.4. The lowest BCUT2D eigenvalue weighted by Crippen LogP contribution is -2.24. The summed E-state index contributed by atoms with van der Waals surface area (Å²) in [5, 5.41) is 4.09. The average molecular weight is 389 g/mol. The predicted molar refractivity (Wildman–Crippen MR) is 108 cm³/mol. The molecule has 1 fully saturated rings. The summed E-state index contributed by atoms with van der Waals surface area (Å²) < 4.78 is 7.02. The minimum absolute atomic E-state index is 0.0434. The van der Waals surface area contributed by atoms with Gasteiger partial charge >= 0.3 is 5.69 Å². The lowest BCUT2D eigenvalue weighted by molar-refractivity contribution is -0.117. The van der Waals surface area contributed by atoms with Crippen molar-refractivity contribution in [2.24, 2.45) is 7.05 Å². The van der Waals surface area contributed by atoms with Crippen LogP contribution in [0.15, 0.2) is 51.8 Å². The van der Waals surface area contributed by atoms with Gasteiger partial charge in [-0.05, 0) is 37.3 Å². The van der Waals surface area contributed by atoms with Crippen molar-refractivity contribution in [1.29, 1.82) is 0 Å². The number of hydrogen-bond acceptors (Lipinski definition) is 5. The maximum Gasteiger partial charge on any atom is 0.326 e. The van der Waals surface area contributed by atoms with Gasteiger partial charge in [0.1, 0.15) is 0 Å². The molecule has 0 aliphatic carbocycles. The Bertz CT molecular complexity index is 1280. The van der Waals surface area contributed by atoms with Gasteiger partial charge in [0, 0.05) is 31.3 Å². The van der Waals surface area contributed by atoms with Crippen LogP contribution in [0.1, 0.15) is 23.8 Å². The molecule has 2 aromatic heterocycles. The number of rotatable bonds is 3. The summed E-state index contributed by atoms with van der Waals surface area (Å²) in [7, 11) is 1.71. The highest BCUT2D eigenvalue weighted by Gasteiger charge is 2.35. The van der Waals surface area contributed by atoms with Crippen molar-refractivity contribution in [3.05, 3.63) is 64.4 Å². The maximum absolute atomic E-state index is 12.5. The van der Waals surface area contributed by atoms with E-state index in [1.165, 1.54) is 0 Å².